The maximum Gasteiger partial charge on any atom is 0.236 e. The molecular formula is C9H18N2O2. The molecule has 13 heavy (non-hydrogen) atoms. The van der Waals surface area contributed by atoms with Crippen LogP contribution in [-0.2, 0) is 4.79 Å². The smallest absolute Gasteiger partial charge is 0.236 e. The van der Waals surface area contributed by atoms with Crippen LogP contribution >= 0.6 is 0 Å². The first-order valence-electron chi connectivity index (χ1n) is 4.70. The second-order valence-electron chi connectivity index (χ2n) is 3.77. The van der Waals surface area contributed by atoms with Gasteiger partial charge in [0.05, 0.1) is 11.6 Å². The minimum absolute atomic E-state index is 0.0122. The zero-order chi connectivity index (χ0) is 10.1. The van der Waals surface area contributed by atoms with Crippen molar-refractivity contribution in [1.82, 2.24) is 10.2 Å². The quantitative estimate of drug-likeness (QED) is 0.629. The topological polar surface area (TPSA) is 52.6 Å². The molecule has 0 aliphatic carbocycles. The van der Waals surface area contributed by atoms with Gasteiger partial charge in [-0.15, -0.1) is 0 Å². The summed E-state index contributed by atoms with van der Waals surface area (Å²) in [4.78, 5) is 13.2. The Bertz CT molecular complexity index is 200. The molecule has 1 rings (SSSR count). The van der Waals surface area contributed by atoms with E-state index in [4.69, 9.17) is 0 Å². The average Bonchev–Trinajstić information content (AvgIpc) is 2.10. The molecule has 2 N–H and O–H groups in total. The van der Waals surface area contributed by atoms with Gasteiger partial charge < -0.3 is 10.4 Å². The Morgan fingerprint density at radius 1 is 1.69 bits per heavy atom. The number of hydrogen-bond donors (Lipinski definition) is 2. The number of aliphatic hydroxyl groups is 1. The number of carbonyl (C=O) groups excluding carboxylic acids is 1. The molecule has 4 nitrogen and oxygen atoms in total. The lowest BCUT2D eigenvalue weighted by Gasteiger charge is -2.48. The third-order valence-electron chi connectivity index (χ3n) is 2.83. The zero-order valence-electron chi connectivity index (χ0n) is 8.50. The second-order valence-corrected chi connectivity index (χ2v) is 3.77. The van der Waals surface area contributed by atoms with Crippen molar-refractivity contribution in [3.8, 4) is 0 Å². The number of carbonyl (C=O) groups is 1. The van der Waals surface area contributed by atoms with E-state index in [0.29, 0.717) is 13.1 Å². The van der Waals surface area contributed by atoms with E-state index < -0.39 is 5.60 Å². The summed E-state index contributed by atoms with van der Waals surface area (Å²) in [5.74, 6) is 0.0122. The summed E-state index contributed by atoms with van der Waals surface area (Å²) in [6.45, 7) is 5.03. The first-order valence-corrected chi connectivity index (χ1v) is 4.70. The molecular weight excluding hydrogens is 168 g/mol. The van der Waals surface area contributed by atoms with Crippen LogP contribution in [0.25, 0.3) is 0 Å². The number of likely N-dealkylation sites (tertiary alicyclic amines) is 1. The minimum atomic E-state index is -0.553. The zero-order valence-corrected chi connectivity index (χ0v) is 8.50. The van der Waals surface area contributed by atoms with Crippen molar-refractivity contribution in [2.75, 3.05) is 20.1 Å². The first kappa shape index (κ1) is 10.5. The van der Waals surface area contributed by atoms with Gasteiger partial charge in [-0.1, -0.05) is 6.92 Å². The number of likely N-dealkylation sites (N-methyl/N-ethyl adjacent to an activating group) is 1. The van der Waals surface area contributed by atoms with E-state index in [1.54, 1.807) is 7.05 Å². The SMILES string of the molecule is CCC1(O)CN(C(C)C(=O)NC)C1. The molecule has 1 heterocycles. The first-order chi connectivity index (χ1) is 6.02. The molecule has 0 radical (unpaired) electrons. The van der Waals surface area contributed by atoms with Crippen LogP contribution in [0.4, 0.5) is 0 Å². The number of nitrogens with one attached hydrogen (secondary N) is 1. The van der Waals surface area contributed by atoms with Gasteiger partial charge in [0.25, 0.3) is 0 Å². The molecule has 1 atom stereocenters. The molecule has 0 bridgehead atoms. The Hall–Kier alpha value is -0.610. The fraction of sp³-hybridized carbons (Fsp3) is 0.889. The molecule has 76 valence electrons. The predicted octanol–water partition coefficient (Wildman–Crippen LogP) is -0.422. The van der Waals surface area contributed by atoms with Gasteiger partial charge in [0.2, 0.25) is 5.91 Å². The van der Waals surface area contributed by atoms with E-state index in [-0.39, 0.29) is 11.9 Å². The van der Waals surface area contributed by atoms with Crippen molar-refractivity contribution in [3.63, 3.8) is 0 Å². The molecule has 0 aromatic carbocycles. The number of β-amino-alcohol motifs (C(OH)–C–C–N with tert-alkyl or cyclic N) is 1. The molecule has 1 fully saturated rings. The largest absolute Gasteiger partial charge is 0.387 e. The third kappa shape index (κ3) is 2.00. The summed E-state index contributed by atoms with van der Waals surface area (Å²) in [6, 6.07) is -0.128. The van der Waals surface area contributed by atoms with Gasteiger partial charge in [0.1, 0.15) is 0 Å². The van der Waals surface area contributed by atoms with Gasteiger partial charge in [-0.2, -0.15) is 0 Å². The highest BCUT2D eigenvalue weighted by Crippen LogP contribution is 2.25. The maximum absolute atomic E-state index is 11.2. The van der Waals surface area contributed by atoms with Crippen molar-refractivity contribution in [3.05, 3.63) is 0 Å². The standard InChI is InChI=1S/C9H18N2O2/c1-4-9(13)5-11(6-9)7(2)8(12)10-3/h7,13H,4-6H2,1-3H3,(H,10,12). The summed E-state index contributed by atoms with van der Waals surface area (Å²) in [6.07, 6.45) is 0.754. The molecule has 0 spiro atoms. The lowest BCUT2D eigenvalue weighted by Crippen LogP contribution is -2.65. The molecule has 1 amide bonds. The van der Waals surface area contributed by atoms with Gasteiger partial charge in [-0.05, 0) is 13.3 Å². The fourth-order valence-electron chi connectivity index (χ4n) is 1.58. The Morgan fingerprint density at radius 3 is 2.62 bits per heavy atom. The minimum Gasteiger partial charge on any atom is -0.387 e. The van der Waals surface area contributed by atoms with Crippen molar-refractivity contribution in [1.29, 1.82) is 0 Å². The average molecular weight is 186 g/mol. The molecule has 1 unspecified atom stereocenters. The Kier molecular flexibility index (Phi) is 2.93. The summed E-state index contributed by atoms with van der Waals surface area (Å²) in [5.41, 5.74) is -0.553. The monoisotopic (exact) mass is 186 g/mol. The van der Waals surface area contributed by atoms with Gasteiger partial charge >= 0.3 is 0 Å². The Morgan fingerprint density at radius 2 is 2.23 bits per heavy atom. The molecule has 4 heteroatoms. The van der Waals surface area contributed by atoms with E-state index in [2.05, 4.69) is 5.32 Å². The van der Waals surface area contributed by atoms with Crippen LogP contribution in [0.15, 0.2) is 0 Å². The number of rotatable bonds is 3. The van der Waals surface area contributed by atoms with E-state index in [1.807, 2.05) is 18.7 Å². The van der Waals surface area contributed by atoms with E-state index in [9.17, 15) is 9.90 Å². The van der Waals surface area contributed by atoms with Crippen LogP contribution in [0, 0.1) is 0 Å². The molecule has 0 saturated carbocycles. The van der Waals surface area contributed by atoms with Gasteiger partial charge in [0.15, 0.2) is 0 Å². The van der Waals surface area contributed by atoms with Crippen molar-refractivity contribution in [2.45, 2.75) is 31.9 Å². The van der Waals surface area contributed by atoms with Crippen molar-refractivity contribution >= 4 is 5.91 Å². The maximum atomic E-state index is 11.2. The summed E-state index contributed by atoms with van der Waals surface area (Å²) in [5, 5.41) is 12.3. The van der Waals surface area contributed by atoms with E-state index in [1.165, 1.54) is 0 Å². The van der Waals surface area contributed by atoms with Gasteiger partial charge in [-0.3, -0.25) is 9.69 Å². The lowest BCUT2D eigenvalue weighted by molar-refractivity contribution is -0.142. The molecule has 0 aromatic heterocycles. The lowest BCUT2D eigenvalue weighted by atomic mass is 9.90. The number of hydrogen-bond acceptors (Lipinski definition) is 3. The van der Waals surface area contributed by atoms with E-state index >= 15 is 0 Å². The highest BCUT2D eigenvalue weighted by Gasteiger charge is 2.42. The van der Waals surface area contributed by atoms with Crippen LogP contribution in [0.1, 0.15) is 20.3 Å². The molecule has 1 saturated heterocycles. The van der Waals surface area contributed by atoms with Crippen LogP contribution in [-0.4, -0.2) is 47.7 Å². The highest BCUT2D eigenvalue weighted by atomic mass is 16.3. The van der Waals surface area contributed by atoms with E-state index in [0.717, 1.165) is 6.42 Å². The Balaban J connectivity index is 2.39. The van der Waals surface area contributed by atoms with Gasteiger partial charge in [0, 0.05) is 20.1 Å². The highest BCUT2D eigenvalue weighted by molar-refractivity contribution is 5.81. The number of nitrogens with zero attached hydrogens (tertiary/aromatic N) is 1. The fourth-order valence-corrected chi connectivity index (χ4v) is 1.58. The van der Waals surface area contributed by atoms with Crippen LogP contribution in [0.3, 0.4) is 0 Å². The second kappa shape index (κ2) is 3.64. The molecule has 0 aromatic rings. The van der Waals surface area contributed by atoms with Crippen LogP contribution < -0.4 is 5.32 Å². The summed E-state index contributed by atoms with van der Waals surface area (Å²) >= 11 is 0. The summed E-state index contributed by atoms with van der Waals surface area (Å²) in [7, 11) is 1.63. The Labute approximate surface area is 78.9 Å². The van der Waals surface area contributed by atoms with Crippen molar-refractivity contribution in [2.24, 2.45) is 0 Å². The van der Waals surface area contributed by atoms with Gasteiger partial charge in [-0.25, -0.2) is 0 Å². The van der Waals surface area contributed by atoms with Crippen LogP contribution in [0.2, 0.25) is 0 Å². The van der Waals surface area contributed by atoms with Crippen LogP contribution in [0.5, 0.6) is 0 Å². The summed E-state index contributed by atoms with van der Waals surface area (Å²) < 4.78 is 0. The number of amides is 1. The molecule has 1 aliphatic rings. The molecule has 1 aliphatic heterocycles. The predicted molar refractivity (Wildman–Crippen MR) is 50.3 cm³/mol. The normalized spacial score (nSPS) is 23.4. The van der Waals surface area contributed by atoms with Crippen molar-refractivity contribution < 1.29 is 9.90 Å². The third-order valence-corrected chi connectivity index (χ3v) is 2.83.